The third-order valence-electron chi connectivity index (χ3n) is 9.71. The number of carbonyl (C=O) groups is 2. The molecule has 1 aromatic heterocycles. The van der Waals surface area contributed by atoms with Crippen LogP contribution < -0.4 is 21.3 Å². The second-order valence-corrected chi connectivity index (χ2v) is 14.2. The van der Waals surface area contributed by atoms with Crippen molar-refractivity contribution < 1.29 is 32.2 Å². The second kappa shape index (κ2) is 18.2. The van der Waals surface area contributed by atoms with Gasteiger partial charge in [-0.15, -0.1) is 0 Å². The van der Waals surface area contributed by atoms with Crippen molar-refractivity contribution in [2.45, 2.75) is 127 Å². The van der Waals surface area contributed by atoms with Crippen molar-refractivity contribution in [3.63, 3.8) is 0 Å². The van der Waals surface area contributed by atoms with Crippen molar-refractivity contribution in [1.82, 2.24) is 26.3 Å². The molecule has 0 radical (unpaired) electrons. The third kappa shape index (κ3) is 9.29. The topological polar surface area (TPSA) is 114 Å². The van der Waals surface area contributed by atoms with Gasteiger partial charge in [-0.1, -0.05) is 44.9 Å². The van der Waals surface area contributed by atoms with Crippen molar-refractivity contribution in [3.8, 4) is 0 Å². The van der Waals surface area contributed by atoms with Crippen LogP contribution in [0.4, 0.5) is 0 Å². The number of nitrogens with one attached hydrogen (secondary N) is 4. The van der Waals surface area contributed by atoms with E-state index in [4.69, 9.17) is 34.7 Å². The molecule has 2 bridgehead atoms. The van der Waals surface area contributed by atoms with Crippen LogP contribution in [0, 0.1) is 0 Å². The van der Waals surface area contributed by atoms with Crippen molar-refractivity contribution in [2.24, 2.45) is 0 Å². The van der Waals surface area contributed by atoms with E-state index < -0.39 is 11.9 Å². The summed E-state index contributed by atoms with van der Waals surface area (Å²) in [5.41, 5.74) is 3.10. The van der Waals surface area contributed by atoms with Crippen LogP contribution in [0.25, 0.3) is 0 Å². The zero-order valence-electron chi connectivity index (χ0n) is 25.6. The number of esters is 2. The standard InChI is InChI=1S/C31H49N5O4.2ClH.Mn/c1-39-30(37)28-25-18-34-23-14-8-6-12-21(23)32-16-17-33-22-13-7-9-15-24(22)35-19-26(36-25)29(31(38)40-2)27(28)20-10-4-3-5-11-20;;;/h20-24,32-35H,3-19H2,1-2H3;2*1H;/q;;;+2/p-2/t21-,22-,23-,24-;;;/m1.../s1. The quantitative estimate of drug-likeness (QED) is 0.257. The van der Waals surface area contributed by atoms with Crippen molar-refractivity contribution >= 4 is 32.1 Å². The molecule has 1 aliphatic heterocycles. The Morgan fingerprint density at radius 3 is 1.42 bits per heavy atom. The number of ether oxygens (including phenoxy) is 2. The minimum atomic E-state index is -0.415. The Morgan fingerprint density at radius 2 is 1.02 bits per heavy atom. The van der Waals surface area contributed by atoms with Crippen LogP contribution in [0.3, 0.4) is 0 Å². The molecule has 12 heteroatoms. The van der Waals surface area contributed by atoms with Gasteiger partial charge >= 0.3 is 45.3 Å². The fraction of sp³-hybridized carbons (Fsp3) is 0.774. The van der Waals surface area contributed by atoms with Gasteiger partial charge in [0.05, 0.1) is 36.7 Å². The van der Waals surface area contributed by atoms with Crippen molar-refractivity contribution in [2.75, 3.05) is 27.3 Å². The summed E-state index contributed by atoms with van der Waals surface area (Å²) in [6.07, 6.45) is 14.5. The molecule has 0 spiro atoms. The Balaban J connectivity index is 0.00000135. The molecule has 0 saturated heterocycles. The number of halogens is 2. The van der Waals surface area contributed by atoms with Gasteiger partial charge in [-0.2, -0.15) is 0 Å². The summed E-state index contributed by atoms with van der Waals surface area (Å²) in [6.45, 7) is 2.80. The number of methoxy groups -OCH3 is 2. The molecule has 4 aliphatic rings. The molecule has 3 fully saturated rings. The first-order valence-electron chi connectivity index (χ1n) is 16.0. The van der Waals surface area contributed by atoms with E-state index in [1.165, 1.54) is 46.3 Å². The first kappa shape index (κ1) is 34.9. The van der Waals surface area contributed by atoms with E-state index in [1.807, 2.05) is 0 Å². The van der Waals surface area contributed by atoms with Crippen LogP contribution in [-0.2, 0) is 35.7 Å². The molecule has 0 unspecified atom stereocenters. The van der Waals surface area contributed by atoms with E-state index in [2.05, 4.69) is 21.3 Å². The molecule has 3 saturated carbocycles. The van der Waals surface area contributed by atoms with Gasteiger partial charge in [0.15, 0.2) is 0 Å². The normalized spacial score (nSPS) is 27.2. The maximum atomic E-state index is 13.5. The predicted octanol–water partition coefficient (Wildman–Crippen LogP) is 5.07. The molecule has 4 atom stereocenters. The number of nitrogens with zero attached hydrogens (tertiary/aromatic N) is 1. The van der Waals surface area contributed by atoms with Crippen LogP contribution in [0.15, 0.2) is 0 Å². The molecular weight excluding hydrogens is 632 g/mol. The molecule has 4 N–H and O–H groups in total. The molecule has 43 heavy (non-hydrogen) atoms. The van der Waals surface area contributed by atoms with E-state index in [0.29, 0.717) is 59.8 Å². The van der Waals surface area contributed by atoms with Crippen LogP contribution in [0.1, 0.15) is 127 Å². The summed E-state index contributed by atoms with van der Waals surface area (Å²) < 4.78 is 10.7. The summed E-state index contributed by atoms with van der Waals surface area (Å²) in [7, 11) is 12.4. The van der Waals surface area contributed by atoms with Gasteiger partial charge in [0.1, 0.15) is 0 Å². The van der Waals surface area contributed by atoms with Gasteiger partial charge in [-0.25, -0.2) is 9.59 Å². The Morgan fingerprint density at radius 1 is 0.651 bits per heavy atom. The molecule has 5 rings (SSSR count). The van der Waals surface area contributed by atoms with E-state index in [1.54, 1.807) is 0 Å². The van der Waals surface area contributed by atoms with Gasteiger partial charge in [-0.3, -0.25) is 4.98 Å². The first-order valence-corrected chi connectivity index (χ1v) is 19.3. The Labute approximate surface area is 271 Å². The number of fused-ring (bicyclic) bond motifs is 4. The van der Waals surface area contributed by atoms with Gasteiger partial charge in [0, 0.05) is 50.3 Å². The zero-order chi connectivity index (χ0) is 30.6. The molecule has 243 valence electrons. The molecule has 0 amide bonds. The van der Waals surface area contributed by atoms with E-state index in [9.17, 15) is 9.59 Å². The Kier molecular flexibility index (Phi) is 14.8. The third-order valence-corrected chi connectivity index (χ3v) is 9.71. The molecule has 9 nitrogen and oxygen atoms in total. The summed E-state index contributed by atoms with van der Waals surface area (Å²) in [6, 6.07) is 1.37. The predicted molar refractivity (Wildman–Crippen MR) is 166 cm³/mol. The first-order chi connectivity index (χ1) is 21.0. The Bertz CT molecular complexity index is 993. The summed E-state index contributed by atoms with van der Waals surface area (Å²) in [5.74, 6) is -0.725. The van der Waals surface area contributed by atoms with Crippen LogP contribution in [0.2, 0.25) is 0 Å². The van der Waals surface area contributed by atoms with Crippen LogP contribution >= 0.6 is 20.2 Å². The number of rotatable bonds is 3. The van der Waals surface area contributed by atoms with Gasteiger partial charge in [-0.05, 0) is 50.0 Å². The monoisotopic (exact) mass is 680 g/mol. The SMILES string of the molecule is COC(=O)c1c2nc(c(C(=O)OC)c1C1CCCCC1)CN[C@@H]1CCCC[C@H]1NCCN[C@@H]1CCCC[C@H]1NC2.[Cl][Mn][Cl]. The fourth-order valence-corrected chi connectivity index (χ4v) is 7.64. The molecule has 0 aromatic carbocycles. The van der Waals surface area contributed by atoms with E-state index in [-0.39, 0.29) is 19.1 Å². The summed E-state index contributed by atoms with van der Waals surface area (Å²) in [4.78, 5) is 32.0. The fourth-order valence-electron chi connectivity index (χ4n) is 7.64. The number of pyridine rings is 1. The van der Waals surface area contributed by atoms with Crippen molar-refractivity contribution in [1.29, 1.82) is 0 Å². The van der Waals surface area contributed by atoms with Crippen LogP contribution in [-0.4, -0.2) is 68.4 Å². The van der Waals surface area contributed by atoms with E-state index >= 15 is 0 Å². The van der Waals surface area contributed by atoms with E-state index in [0.717, 1.165) is 70.0 Å². The van der Waals surface area contributed by atoms with Gasteiger partial charge < -0.3 is 30.7 Å². The number of hydrogen-bond acceptors (Lipinski definition) is 9. The Hall–Kier alpha value is -0.971. The number of hydrogen-bond donors (Lipinski definition) is 4. The van der Waals surface area contributed by atoms with Gasteiger partial charge in [0.25, 0.3) is 0 Å². The van der Waals surface area contributed by atoms with Crippen molar-refractivity contribution in [3.05, 3.63) is 28.1 Å². The van der Waals surface area contributed by atoms with Crippen LogP contribution in [0.5, 0.6) is 0 Å². The zero-order valence-corrected chi connectivity index (χ0v) is 28.3. The second-order valence-electron chi connectivity index (χ2n) is 12.2. The molecule has 1 aromatic rings. The number of aromatic nitrogens is 1. The minimum absolute atomic E-state index is 0.00694. The average molecular weight is 682 g/mol. The molecular formula is C31H49Cl2MnN5O4. The molecule has 3 aliphatic carbocycles. The number of carbonyl (C=O) groups excluding carboxylic acids is 2. The average Bonchev–Trinajstić information content (AvgIpc) is 3.05. The maximum absolute atomic E-state index is 13.5. The summed E-state index contributed by atoms with van der Waals surface area (Å²) >= 11 is 0.00694. The molecule has 2 heterocycles. The van der Waals surface area contributed by atoms with Gasteiger partial charge in [0.2, 0.25) is 0 Å². The summed E-state index contributed by atoms with van der Waals surface area (Å²) in [5, 5.41) is 15.2.